The van der Waals surface area contributed by atoms with Gasteiger partial charge in [0.2, 0.25) is 11.7 Å². The lowest BCUT2D eigenvalue weighted by molar-refractivity contribution is -0.122. The zero-order valence-corrected chi connectivity index (χ0v) is 16.6. The van der Waals surface area contributed by atoms with Crippen LogP contribution in [-0.2, 0) is 11.3 Å². The smallest absolute Gasteiger partial charge is 0.243 e. The number of nitrogens with one attached hydrogen (secondary N) is 1. The first-order valence-electron chi connectivity index (χ1n) is 9.18. The standard InChI is InChI=1S/C19H23ClN6O2/c1-3-25(4-2)16(17-6-5-11-28-17)12-21-18(27)13-26-23-19(22-24-26)14-7-9-15(20)10-8-14/h5-11,16H,3-4,12-13H2,1-2H3,(H,21,27). The molecule has 0 saturated carbocycles. The van der Waals surface area contributed by atoms with Crippen LogP contribution < -0.4 is 5.32 Å². The number of benzene rings is 1. The summed E-state index contributed by atoms with van der Waals surface area (Å²) in [5, 5.41) is 15.8. The molecule has 1 N–H and O–H groups in total. The van der Waals surface area contributed by atoms with Crippen LogP contribution in [0.5, 0.6) is 0 Å². The molecule has 0 saturated heterocycles. The molecule has 0 radical (unpaired) electrons. The van der Waals surface area contributed by atoms with Gasteiger partial charge in [0.25, 0.3) is 0 Å². The summed E-state index contributed by atoms with van der Waals surface area (Å²) in [6, 6.07) is 10.9. The Morgan fingerprint density at radius 1 is 1.25 bits per heavy atom. The predicted octanol–water partition coefficient (Wildman–Crippen LogP) is 2.79. The SMILES string of the molecule is CCN(CC)C(CNC(=O)Cn1nnc(-c2ccc(Cl)cc2)n1)c1ccco1. The normalized spacial score (nSPS) is 12.3. The molecule has 0 aliphatic rings. The fourth-order valence-electron chi connectivity index (χ4n) is 2.97. The second-order valence-electron chi connectivity index (χ2n) is 6.21. The van der Waals surface area contributed by atoms with Crippen molar-refractivity contribution in [2.75, 3.05) is 19.6 Å². The van der Waals surface area contributed by atoms with E-state index in [1.54, 1.807) is 18.4 Å². The van der Waals surface area contributed by atoms with Crippen LogP contribution in [0.15, 0.2) is 47.1 Å². The molecule has 148 valence electrons. The molecule has 9 heteroatoms. The van der Waals surface area contributed by atoms with Gasteiger partial charge in [0.1, 0.15) is 12.3 Å². The quantitative estimate of drug-likeness (QED) is 0.592. The van der Waals surface area contributed by atoms with Gasteiger partial charge in [-0.15, -0.1) is 10.2 Å². The summed E-state index contributed by atoms with van der Waals surface area (Å²) >= 11 is 5.89. The van der Waals surface area contributed by atoms with Crippen molar-refractivity contribution in [2.24, 2.45) is 0 Å². The third kappa shape index (κ3) is 4.96. The monoisotopic (exact) mass is 402 g/mol. The predicted molar refractivity (Wildman–Crippen MR) is 106 cm³/mol. The topological polar surface area (TPSA) is 89.1 Å². The molecule has 28 heavy (non-hydrogen) atoms. The third-order valence-corrected chi connectivity index (χ3v) is 4.71. The Morgan fingerprint density at radius 2 is 2.00 bits per heavy atom. The lowest BCUT2D eigenvalue weighted by Gasteiger charge is -2.28. The van der Waals surface area contributed by atoms with Crippen molar-refractivity contribution >= 4 is 17.5 Å². The number of hydrogen-bond donors (Lipinski definition) is 1. The molecule has 0 fully saturated rings. The summed E-state index contributed by atoms with van der Waals surface area (Å²) in [5.74, 6) is 1.08. The largest absolute Gasteiger partial charge is 0.468 e. The summed E-state index contributed by atoms with van der Waals surface area (Å²) in [6.45, 7) is 6.30. The Hall–Kier alpha value is -2.71. The molecular formula is C19H23ClN6O2. The van der Waals surface area contributed by atoms with Gasteiger partial charge in [-0.25, -0.2) is 0 Å². The van der Waals surface area contributed by atoms with Gasteiger partial charge in [-0.3, -0.25) is 9.69 Å². The fourth-order valence-corrected chi connectivity index (χ4v) is 3.10. The second kappa shape index (κ2) is 9.48. The Balaban J connectivity index is 1.59. The molecule has 2 aromatic heterocycles. The molecule has 3 rings (SSSR count). The van der Waals surface area contributed by atoms with Gasteiger partial charge < -0.3 is 9.73 Å². The molecule has 1 unspecified atom stereocenters. The van der Waals surface area contributed by atoms with Crippen LogP contribution in [0.25, 0.3) is 11.4 Å². The van der Waals surface area contributed by atoms with Gasteiger partial charge in [0, 0.05) is 17.1 Å². The van der Waals surface area contributed by atoms with Crippen molar-refractivity contribution in [1.82, 2.24) is 30.4 Å². The number of likely N-dealkylation sites (N-methyl/N-ethyl adjacent to an activating group) is 1. The van der Waals surface area contributed by atoms with Crippen molar-refractivity contribution in [2.45, 2.75) is 26.4 Å². The number of carbonyl (C=O) groups excluding carboxylic acids is 1. The molecule has 0 aliphatic heterocycles. The zero-order chi connectivity index (χ0) is 19.9. The molecule has 1 amide bonds. The van der Waals surface area contributed by atoms with E-state index in [1.807, 2.05) is 24.3 Å². The van der Waals surface area contributed by atoms with E-state index in [2.05, 4.69) is 39.5 Å². The molecule has 1 atom stereocenters. The number of nitrogens with zero attached hydrogens (tertiary/aromatic N) is 5. The zero-order valence-electron chi connectivity index (χ0n) is 15.9. The molecule has 0 aliphatic carbocycles. The van der Waals surface area contributed by atoms with E-state index >= 15 is 0 Å². The first kappa shape index (κ1) is 20.0. The van der Waals surface area contributed by atoms with Crippen molar-refractivity contribution in [3.8, 4) is 11.4 Å². The Morgan fingerprint density at radius 3 is 2.64 bits per heavy atom. The van der Waals surface area contributed by atoms with Crippen LogP contribution in [-0.4, -0.2) is 50.6 Å². The second-order valence-corrected chi connectivity index (χ2v) is 6.64. The average molecular weight is 403 g/mol. The van der Waals surface area contributed by atoms with E-state index in [0.29, 0.717) is 17.4 Å². The summed E-state index contributed by atoms with van der Waals surface area (Å²) in [4.78, 5) is 15.9. The highest BCUT2D eigenvalue weighted by Crippen LogP contribution is 2.20. The minimum Gasteiger partial charge on any atom is -0.468 e. The summed E-state index contributed by atoms with van der Waals surface area (Å²) < 4.78 is 5.55. The van der Waals surface area contributed by atoms with Crippen LogP contribution in [0.4, 0.5) is 0 Å². The highest BCUT2D eigenvalue weighted by Gasteiger charge is 2.21. The van der Waals surface area contributed by atoms with Crippen LogP contribution in [0, 0.1) is 0 Å². The van der Waals surface area contributed by atoms with E-state index in [0.717, 1.165) is 24.4 Å². The third-order valence-electron chi connectivity index (χ3n) is 4.46. The minimum atomic E-state index is -0.191. The Bertz CT molecular complexity index is 874. The van der Waals surface area contributed by atoms with Crippen molar-refractivity contribution in [3.05, 3.63) is 53.4 Å². The van der Waals surface area contributed by atoms with Crippen molar-refractivity contribution in [3.63, 3.8) is 0 Å². The van der Waals surface area contributed by atoms with Crippen molar-refractivity contribution in [1.29, 1.82) is 0 Å². The number of amides is 1. The van der Waals surface area contributed by atoms with Crippen LogP contribution >= 0.6 is 11.6 Å². The lowest BCUT2D eigenvalue weighted by Crippen LogP contribution is -2.39. The Labute approximate surface area is 168 Å². The van der Waals surface area contributed by atoms with E-state index in [1.165, 1.54) is 4.80 Å². The number of halogens is 1. The molecule has 3 aromatic rings. The summed E-state index contributed by atoms with van der Waals surface area (Å²) in [6.07, 6.45) is 1.64. The number of furan rings is 1. The first-order valence-corrected chi connectivity index (χ1v) is 9.56. The first-order chi connectivity index (χ1) is 13.6. The van der Waals surface area contributed by atoms with Crippen LogP contribution in [0.1, 0.15) is 25.6 Å². The Kier molecular flexibility index (Phi) is 6.78. The van der Waals surface area contributed by atoms with Gasteiger partial charge >= 0.3 is 0 Å². The number of aromatic nitrogens is 4. The summed E-state index contributed by atoms with van der Waals surface area (Å²) in [7, 11) is 0. The molecule has 0 spiro atoms. The average Bonchev–Trinajstić information content (AvgIpc) is 3.38. The molecule has 0 bridgehead atoms. The molecule has 2 heterocycles. The number of hydrogen-bond acceptors (Lipinski definition) is 6. The fraction of sp³-hybridized carbons (Fsp3) is 0.368. The summed E-state index contributed by atoms with van der Waals surface area (Å²) in [5.41, 5.74) is 0.787. The van der Waals surface area contributed by atoms with Gasteiger partial charge in [-0.2, -0.15) is 4.80 Å². The van der Waals surface area contributed by atoms with E-state index < -0.39 is 0 Å². The maximum absolute atomic E-state index is 12.4. The maximum Gasteiger partial charge on any atom is 0.243 e. The van der Waals surface area contributed by atoms with Gasteiger partial charge in [-0.05, 0) is 54.7 Å². The van der Waals surface area contributed by atoms with Crippen LogP contribution in [0.3, 0.4) is 0 Å². The number of carbonyl (C=O) groups is 1. The van der Waals surface area contributed by atoms with Gasteiger partial charge in [0.05, 0.1) is 12.3 Å². The van der Waals surface area contributed by atoms with E-state index in [-0.39, 0.29) is 18.5 Å². The van der Waals surface area contributed by atoms with E-state index in [9.17, 15) is 4.79 Å². The minimum absolute atomic E-state index is 0.0102. The maximum atomic E-state index is 12.4. The highest BCUT2D eigenvalue weighted by atomic mass is 35.5. The molecular weight excluding hydrogens is 380 g/mol. The lowest BCUT2D eigenvalue weighted by atomic mass is 10.2. The number of rotatable bonds is 9. The number of tetrazole rings is 1. The molecule has 1 aromatic carbocycles. The van der Waals surface area contributed by atoms with Gasteiger partial charge in [-0.1, -0.05) is 25.4 Å². The van der Waals surface area contributed by atoms with Crippen LogP contribution in [0.2, 0.25) is 5.02 Å². The highest BCUT2D eigenvalue weighted by molar-refractivity contribution is 6.30. The van der Waals surface area contributed by atoms with Gasteiger partial charge in [0.15, 0.2) is 0 Å². The van der Waals surface area contributed by atoms with E-state index in [4.69, 9.17) is 16.0 Å². The van der Waals surface area contributed by atoms with Crippen molar-refractivity contribution < 1.29 is 9.21 Å². The molecule has 8 nitrogen and oxygen atoms in total.